The lowest BCUT2D eigenvalue weighted by Gasteiger charge is -2.17. The number of hydrazine groups is 1. The van der Waals surface area contributed by atoms with Crippen LogP contribution in [0.5, 0.6) is 0 Å². The Morgan fingerprint density at radius 1 is 1.32 bits per heavy atom. The maximum atomic E-state index is 5.80. The van der Waals surface area contributed by atoms with Crippen molar-refractivity contribution in [2.24, 2.45) is 17.7 Å². The van der Waals surface area contributed by atoms with E-state index in [1.807, 2.05) is 0 Å². The first-order valence-electron chi connectivity index (χ1n) is 7.27. The van der Waals surface area contributed by atoms with Crippen LogP contribution >= 0.6 is 0 Å². The van der Waals surface area contributed by atoms with Gasteiger partial charge in [0.2, 0.25) is 0 Å². The van der Waals surface area contributed by atoms with Gasteiger partial charge in [-0.15, -0.1) is 0 Å². The summed E-state index contributed by atoms with van der Waals surface area (Å²) in [5.41, 5.74) is 6.07. The molecule has 100 valence electrons. The van der Waals surface area contributed by atoms with Crippen LogP contribution in [-0.4, -0.2) is 12.6 Å². The average molecular weight is 256 g/mol. The van der Waals surface area contributed by atoms with E-state index in [9.17, 15) is 0 Å². The molecule has 0 saturated heterocycles. The molecular weight excluding hydrogens is 236 g/mol. The Hall–Kier alpha value is -1.32. The third-order valence-electron chi connectivity index (χ3n) is 4.99. The molecule has 3 N–H and O–H groups in total. The SMILES string of the molecule is NNC(C1=CCCO1)C1C2CCc3ccccc3C21. The van der Waals surface area contributed by atoms with E-state index in [4.69, 9.17) is 10.6 Å². The number of hydrogen-bond acceptors (Lipinski definition) is 3. The average Bonchev–Trinajstić information content (AvgIpc) is 2.92. The number of aryl methyl sites for hydroxylation is 1. The minimum Gasteiger partial charge on any atom is -0.496 e. The fraction of sp³-hybridized carbons (Fsp3) is 0.500. The van der Waals surface area contributed by atoms with Gasteiger partial charge >= 0.3 is 0 Å². The highest BCUT2D eigenvalue weighted by Crippen LogP contribution is 2.62. The zero-order chi connectivity index (χ0) is 12.8. The maximum absolute atomic E-state index is 5.80. The summed E-state index contributed by atoms with van der Waals surface area (Å²) < 4.78 is 5.72. The number of nitrogens with two attached hydrogens (primary N) is 1. The van der Waals surface area contributed by atoms with E-state index in [0.29, 0.717) is 11.8 Å². The van der Waals surface area contributed by atoms with E-state index in [1.165, 1.54) is 18.4 Å². The predicted molar refractivity (Wildman–Crippen MR) is 74.2 cm³/mol. The Morgan fingerprint density at radius 3 is 3.00 bits per heavy atom. The second kappa shape index (κ2) is 4.36. The highest BCUT2D eigenvalue weighted by atomic mass is 16.5. The van der Waals surface area contributed by atoms with Crippen LogP contribution in [-0.2, 0) is 11.2 Å². The molecule has 0 radical (unpaired) electrons. The van der Waals surface area contributed by atoms with E-state index in [-0.39, 0.29) is 6.04 Å². The molecule has 3 aliphatic rings. The van der Waals surface area contributed by atoms with Crippen LogP contribution in [0, 0.1) is 11.8 Å². The third kappa shape index (κ3) is 1.72. The van der Waals surface area contributed by atoms with Crippen molar-refractivity contribution in [1.82, 2.24) is 5.43 Å². The molecule has 3 nitrogen and oxygen atoms in total. The van der Waals surface area contributed by atoms with Gasteiger partial charge in [-0.05, 0) is 47.8 Å². The van der Waals surface area contributed by atoms with Gasteiger partial charge in [0.1, 0.15) is 5.76 Å². The molecule has 0 aromatic heterocycles. The van der Waals surface area contributed by atoms with Gasteiger partial charge in [0.25, 0.3) is 0 Å². The Kier molecular flexibility index (Phi) is 2.64. The van der Waals surface area contributed by atoms with Crippen LogP contribution < -0.4 is 11.3 Å². The normalized spacial score (nSPS) is 32.9. The molecule has 1 aliphatic heterocycles. The smallest absolute Gasteiger partial charge is 0.111 e. The van der Waals surface area contributed by atoms with E-state index >= 15 is 0 Å². The molecule has 0 bridgehead atoms. The van der Waals surface area contributed by atoms with E-state index in [0.717, 1.165) is 24.7 Å². The topological polar surface area (TPSA) is 47.3 Å². The molecule has 19 heavy (non-hydrogen) atoms. The number of rotatable bonds is 3. The van der Waals surface area contributed by atoms with Crippen LogP contribution in [0.1, 0.15) is 29.9 Å². The van der Waals surface area contributed by atoms with E-state index in [1.54, 1.807) is 5.56 Å². The molecule has 1 aromatic rings. The van der Waals surface area contributed by atoms with Crippen LogP contribution in [0.25, 0.3) is 0 Å². The zero-order valence-corrected chi connectivity index (χ0v) is 11.0. The molecule has 0 spiro atoms. The highest BCUT2D eigenvalue weighted by molar-refractivity contribution is 5.41. The fourth-order valence-corrected chi connectivity index (χ4v) is 4.11. The lowest BCUT2D eigenvalue weighted by molar-refractivity contribution is 0.205. The number of ether oxygens (including phenoxy) is 1. The van der Waals surface area contributed by atoms with Gasteiger partial charge in [-0.1, -0.05) is 24.3 Å². The number of benzene rings is 1. The van der Waals surface area contributed by atoms with Gasteiger partial charge in [-0.3, -0.25) is 5.84 Å². The van der Waals surface area contributed by atoms with Crippen molar-refractivity contribution in [1.29, 1.82) is 0 Å². The number of fused-ring (bicyclic) bond motifs is 3. The minimum absolute atomic E-state index is 0.198. The lowest BCUT2D eigenvalue weighted by Crippen LogP contribution is -2.39. The molecule has 4 atom stereocenters. The van der Waals surface area contributed by atoms with Crippen LogP contribution in [0.15, 0.2) is 36.1 Å². The summed E-state index contributed by atoms with van der Waals surface area (Å²) in [5.74, 6) is 8.93. The minimum atomic E-state index is 0.198. The molecule has 1 fully saturated rings. The summed E-state index contributed by atoms with van der Waals surface area (Å²) in [4.78, 5) is 0. The zero-order valence-electron chi connectivity index (χ0n) is 11.0. The van der Waals surface area contributed by atoms with Gasteiger partial charge in [-0.2, -0.15) is 0 Å². The third-order valence-corrected chi connectivity index (χ3v) is 4.99. The largest absolute Gasteiger partial charge is 0.496 e. The molecule has 0 amide bonds. The Balaban J connectivity index is 1.62. The Morgan fingerprint density at radius 2 is 2.21 bits per heavy atom. The van der Waals surface area contributed by atoms with E-state index in [2.05, 4.69) is 35.8 Å². The fourth-order valence-electron chi connectivity index (χ4n) is 4.11. The standard InChI is InChI=1S/C16H20N2O/c17-18-16(13-6-3-9-19-13)15-12-8-7-10-4-1-2-5-11(10)14(12)15/h1-2,4-6,12,14-16,18H,3,7-9,17H2. The molecular formula is C16H20N2O. The van der Waals surface area contributed by atoms with Crippen molar-refractivity contribution in [3.8, 4) is 0 Å². The van der Waals surface area contributed by atoms with E-state index < -0.39 is 0 Å². The molecule has 1 heterocycles. The first-order valence-corrected chi connectivity index (χ1v) is 7.27. The monoisotopic (exact) mass is 256 g/mol. The van der Waals surface area contributed by atoms with Crippen molar-refractivity contribution in [3.05, 3.63) is 47.2 Å². The summed E-state index contributed by atoms with van der Waals surface area (Å²) in [6.45, 7) is 0.812. The first kappa shape index (κ1) is 11.5. The summed E-state index contributed by atoms with van der Waals surface area (Å²) in [6, 6.07) is 9.08. The van der Waals surface area contributed by atoms with Crippen LogP contribution in [0.4, 0.5) is 0 Å². The Labute approximate surface area is 113 Å². The second-order valence-corrected chi connectivity index (χ2v) is 5.89. The van der Waals surface area contributed by atoms with Gasteiger partial charge < -0.3 is 4.74 Å². The lowest BCUT2D eigenvalue weighted by atomic mass is 9.92. The molecule has 4 unspecified atom stereocenters. The van der Waals surface area contributed by atoms with Crippen LogP contribution in [0.2, 0.25) is 0 Å². The van der Waals surface area contributed by atoms with Crippen molar-refractivity contribution < 1.29 is 4.74 Å². The highest BCUT2D eigenvalue weighted by Gasteiger charge is 2.57. The van der Waals surface area contributed by atoms with Crippen molar-refractivity contribution in [2.45, 2.75) is 31.2 Å². The van der Waals surface area contributed by atoms with Crippen molar-refractivity contribution in [3.63, 3.8) is 0 Å². The van der Waals surface area contributed by atoms with Gasteiger partial charge in [0.15, 0.2) is 0 Å². The summed E-state index contributed by atoms with van der Waals surface area (Å²) >= 11 is 0. The molecule has 3 heteroatoms. The molecule has 1 saturated carbocycles. The predicted octanol–water partition coefficient (Wildman–Crippen LogP) is 2.10. The van der Waals surface area contributed by atoms with Gasteiger partial charge in [0, 0.05) is 6.42 Å². The van der Waals surface area contributed by atoms with Gasteiger partial charge in [0.05, 0.1) is 12.6 Å². The number of hydrogen-bond donors (Lipinski definition) is 2. The van der Waals surface area contributed by atoms with Crippen molar-refractivity contribution in [2.75, 3.05) is 6.61 Å². The quantitative estimate of drug-likeness (QED) is 0.643. The molecule has 2 aliphatic carbocycles. The first-order chi connectivity index (χ1) is 9.40. The number of nitrogens with one attached hydrogen (secondary N) is 1. The summed E-state index contributed by atoms with van der Waals surface area (Å²) in [6.07, 6.45) is 5.72. The molecule has 4 rings (SSSR count). The Bertz CT molecular complexity index is 525. The summed E-state index contributed by atoms with van der Waals surface area (Å²) in [7, 11) is 0. The van der Waals surface area contributed by atoms with Gasteiger partial charge in [-0.25, -0.2) is 5.43 Å². The second-order valence-electron chi connectivity index (χ2n) is 5.89. The van der Waals surface area contributed by atoms with Crippen molar-refractivity contribution >= 4 is 0 Å². The van der Waals surface area contributed by atoms with Crippen LogP contribution in [0.3, 0.4) is 0 Å². The maximum Gasteiger partial charge on any atom is 0.111 e. The molecule has 1 aromatic carbocycles. The summed E-state index contributed by atoms with van der Waals surface area (Å²) in [5, 5.41) is 0.